The van der Waals surface area contributed by atoms with E-state index in [4.69, 9.17) is 0 Å². The predicted molar refractivity (Wildman–Crippen MR) is 54.1 cm³/mol. The quantitative estimate of drug-likeness (QED) is 0.640. The zero-order valence-corrected chi connectivity index (χ0v) is 9.42. The number of methoxy groups -OCH3 is 1. The van der Waals surface area contributed by atoms with Gasteiger partial charge in [-0.1, -0.05) is 0 Å². The smallest absolute Gasteiger partial charge is 0.323 e. The van der Waals surface area contributed by atoms with E-state index in [0.29, 0.717) is 5.92 Å². The molecule has 1 aliphatic heterocycles. The van der Waals surface area contributed by atoms with E-state index in [9.17, 15) is 13.2 Å². The van der Waals surface area contributed by atoms with E-state index in [1.54, 1.807) is 0 Å². The highest BCUT2D eigenvalue weighted by Crippen LogP contribution is 2.34. The van der Waals surface area contributed by atoms with Gasteiger partial charge in [-0.25, -0.2) is 8.42 Å². The number of hydrogen-bond acceptors (Lipinski definition) is 5. The van der Waals surface area contributed by atoms with Crippen LogP contribution in [0.2, 0.25) is 0 Å². The van der Waals surface area contributed by atoms with Crippen LogP contribution >= 0.6 is 0 Å². The second kappa shape index (κ2) is 3.75. The molecular formula is C9H15NO4S. The van der Waals surface area contributed by atoms with Gasteiger partial charge < -0.3 is 4.74 Å². The Morgan fingerprint density at radius 1 is 1.33 bits per heavy atom. The summed E-state index contributed by atoms with van der Waals surface area (Å²) in [7, 11) is -1.83. The Hall–Kier alpha value is -0.620. The third-order valence-corrected chi connectivity index (χ3v) is 4.65. The van der Waals surface area contributed by atoms with Crippen molar-refractivity contribution in [2.75, 3.05) is 18.6 Å². The number of ether oxygens (including phenoxy) is 1. The van der Waals surface area contributed by atoms with Crippen LogP contribution in [0.5, 0.6) is 0 Å². The highest BCUT2D eigenvalue weighted by atomic mass is 32.2. The minimum atomic E-state index is -3.10. The number of hydrogen-bond donors (Lipinski definition) is 1. The Labute approximate surface area is 89.1 Å². The van der Waals surface area contributed by atoms with Gasteiger partial charge in [0.15, 0.2) is 9.84 Å². The lowest BCUT2D eigenvalue weighted by atomic mass is 10.2. The van der Waals surface area contributed by atoms with Gasteiger partial charge in [-0.15, -0.1) is 0 Å². The highest BCUT2D eigenvalue weighted by molar-refractivity contribution is 7.91. The molecule has 1 aliphatic carbocycles. The Morgan fingerprint density at radius 2 is 2.00 bits per heavy atom. The third kappa shape index (κ3) is 2.49. The van der Waals surface area contributed by atoms with Crippen LogP contribution in [0.4, 0.5) is 0 Å². The van der Waals surface area contributed by atoms with Gasteiger partial charge in [-0.2, -0.15) is 0 Å². The van der Waals surface area contributed by atoms with Crippen molar-refractivity contribution in [1.82, 2.24) is 5.32 Å². The molecule has 0 spiro atoms. The number of rotatable bonds is 2. The predicted octanol–water partition coefficient (Wildman–Crippen LogP) is -0.675. The molecule has 0 aromatic heterocycles. The molecule has 2 unspecified atom stereocenters. The molecular weight excluding hydrogens is 218 g/mol. The Morgan fingerprint density at radius 3 is 2.53 bits per heavy atom. The summed E-state index contributed by atoms with van der Waals surface area (Å²) in [5.74, 6) is -0.0372. The summed E-state index contributed by atoms with van der Waals surface area (Å²) in [5, 5.41) is 3.07. The average Bonchev–Trinajstić information content (AvgIpc) is 2.97. The fourth-order valence-corrected chi connectivity index (χ4v) is 3.79. The van der Waals surface area contributed by atoms with E-state index in [1.165, 1.54) is 7.11 Å². The molecule has 2 fully saturated rings. The molecule has 2 atom stereocenters. The lowest BCUT2D eigenvalue weighted by molar-refractivity contribution is -0.142. The SMILES string of the molecule is COC(=O)C1CS(=O)(=O)CC(C2CC2)N1. The Bertz CT molecular complexity index is 360. The molecule has 1 heterocycles. The van der Waals surface area contributed by atoms with Crippen LogP contribution in [-0.2, 0) is 19.4 Å². The number of carbonyl (C=O) groups excluding carboxylic acids is 1. The molecule has 1 saturated carbocycles. The third-order valence-electron chi connectivity index (χ3n) is 2.95. The molecule has 0 aromatic carbocycles. The first kappa shape index (κ1) is 10.9. The van der Waals surface area contributed by atoms with E-state index in [-0.39, 0.29) is 17.5 Å². The van der Waals surface area contributed by atoms with Crippen LogP contribution in [-0.4, -0.2) is 45.1 Å². The topological polar surface area (TPSA) is 72.5 Å². The summed E-state index contributed by atoms with van der Waals surface area (Å²) >= 11 is 0. The highest BCUT2D eigenvalue weighted by Gasteiger charge is 2.42. The zero-order chi connectivity index (χ0) is 11.1. The summed E-state index contributed by atoms with van der Waals surface area (Å²) < 4.78 is 27.7. The summed E-state index contributed by atoms with van der Waals surface area (Å²) in [6.45, 7) is 0. The maximum Gasteiger partial charge on any atom is 0.323 e. The Balaban J connectivity index is 2.10. The van der Waals surface area contributed by atoms with E-state index >= 15 is 0 Å². The van der Waals surface area contributed by atoms with Crippen molar-refractivity contribution in [1.29, 1.82) is 0 Å². The molecule has 0 aromatic rings. The molecule has 1 saturated heterocycles. The van der Waals surface area contributed by atoms with Crippen molar-refractivity contribution in [3.8, 4) is 0 Å². The van der Waals surface area contributed by atoms with E-state index in [0.717, 1.165) is 12.8 Å². The molecule has 2 rings (SSSR count). The minimum Gasteiger partial charge on any atom is -0.468 e. The van der Waals surface area contributed by atoms with Crippen molar-refractivity contribution in [3.05, 3.63) is 0 Å². The van der Waals surface area contributed by atoms with Crippen LogP contribution in [0.25, 0.3) is 0 Å². The van der Waals surface area contributed by atoms with Gasteiger partial charge in [0.25, 0.3) is 0 Å². The van der Waals surface area contributed by atoms with Crippen LogP contribution in [0.3, 0.4) is 0 Å². The van der Waals surface area contributed by atoms with Crippen molar-refractivity contribution in [3.63, 3.8) is 0 Å². The molecule has 5 nitrogen and oxygen atoms in total. The van der Waals surface area contributed by atoms with Crippen molar-refractivity contribution in [2.45, 2.75) is 24.9 Å². The molecule has 15 heavy (non-hydrogen) atoms. The van der Waals surface area contributed by atoms with Gasteiger partial charge >= 0.3 is 5.97 Å². The van der Waals surface area contributed by atoms with Crippen LogP contribution < -0.4 is 5.32 Å². The zero-order valence-electron chi connectivity index (χ0n) is 8.60. The first-order chi connectivity index (χ1) is 7.02. The van der Waals surface area contributed by atoms with Crippen LogP contribution in [0, 0.1) is 5.92 Å². The molecule has 1 N–H and O–H groups in total. The van der Waals surface area contributed by atoms with E-state index in [2.05, 4.69) is 10.1 Å². The van der Waals surface area contributed by atoms with Gasteiger partial charge in [0.1, 0.15) is 6.04 Å². The average molecular weight is 233 g/mol. The van der Waals surface area contributed by atoms with Crippen molar-refractivity contribution in [2.24, 2.45) is 5.92 Å². The minimum absolute atomic E-state index is 0.0622. The molecule has 0 amide bonds. The first-order valence-corrected chi connectivity index (χ1v) is 6.88. The summed E-state index contributed by atoms with van der Waals surface area (Å²) in [5.41, 5.74) is 0. The number of sulfone groups is 1. The maximum absolute atomic E-state index is 11.6. The van der Waals surface area contributed by atoms with Gasteiger partial charge in [0, 0.05) is 6.04 Å². The van der Waals surface area contributed by atoms with Gasteiger partial charge in [0.2, 0.25) is 0 Å². The van der Waals surface area contributed by atoms with Crippen molar-refractivity contribution >= 4 is 15.8 Å². The summed E-state index contributed by atoms with van der Waals surface area (Å²) in [4.78, 5) is 11.3. The standard InChI is InChI=1S/C9H15NO4S/c1-14-9(11)8-5-15(12,13)4-7(10-8)6-2-3-6/h6-8,10H,2-5H2,1H3. The summed E-state index contributed by atoms with van der Waals surface area (Å²) in [6, 6.07) is -0.743. The largest absolute Gasteiger partial charge is 0.468 e. The summed E-state index contributed by atoms with van der Waals surface area (Å²) in [6.07, 6.45) is 2.11. The molecule has 6 heteroatoms. The normalized spacial score (nSPS) is 34.7. The van der Waals surface area contributed by atoms with Gasteiger partial charge in [-0.05, 0) is 18.8 Å². The second-order valence-corrected chi connectivity index (χ2v) is 6.42. The first-order valence-electron chi connectivity index (χ1n) is 5.06. The van der Waals surface area contributed by atoms with Gasteiger partial charge in [0.05, 0.1) is 18.6 Å². The molecule has 0 radical (unpaired) electrons. The fourth-order valence-electron chi connectivity index (χ4n) is 2.00. The number of esters is 1. The molecule has 2 aliphatic rings. The van der Waals surface area contributed by atoms with Crippen LogP contribution in [0.15, 0.2) is 0 Å². The molecule has 0 bridgehead atoms. The monoisotopic (exact) mass is 233 g/mol. The van der Waals surface area contributed by atoms with Gasteiger partial charge in [-0.3, -0.25) is 10.1 Å². The van der Waals surface area contributed by atoms with Crippen LogP contribution in [0.1, 0.15) is 12.8 Å². The number of nitrogens with one attached hydrogen (secondary N) is 1. The van der Waals surface area contributed by atoms with E-state index < -0.39 is 21.8 Å². The molecule has 86 valence electrons. The fraction of sp³-hybridized carbons (Fsp3) is 0.889. The maximum atomic E-state index is 11.6. The van der Waals surface area contributed by atoms with E-state index in [1.807, 2.05) is 0 Å². The Kier molecular flexibility index (Phi) is 2.72. The van der Waals surface area contributed by atoms with Crippen molar-refractivity contribution < 1.29 is 17.9 Å². The second-order valence-electron chi connectivity index (χ2n) is 4.26. The lowest BCUT2D eigenvalue weighted by Crippen LogP contribution is -2.56. The lowest BCUT2D eigenvalue weighted by Gasteiger charge is -2.29. The number of carbonyl (C=O) groups is 1.